The molecule has 0 amide bonds. The highest BCUT2D eigenvalue weighted by atomic mass is 19.1. The van der Waals surface area contributed by atoms with E-state index in [1.807, 2.05) is 0 Å². The molecule has 17 heavy (non-hydrogen) atoms. The van der Waals surface area contributed by atoms with Crippen LogP contribution in [0.3, 0.4) is 0 Å². The molecule has 0 aromatic carbocycles. The molecule has 3 heterocycles. The van der Waals surface area contributed by atoms with Gasteiger partial charge in [0, 0.05) is 0 Å². The second-order valence-corrected chi connectivity index (χ2v) is 4.02. The summed E-state index contributed by atoms with van der Waals surface area (Å²) in [5, 5.41) is 9.00. The summed E-state index contributed by atoms with van der Waals surface area (Å²) >= 11 is 0. The lowest BCUT2D eigenvalue weighted by Crippen LogP contribution is -2.11. The van der Waals surface area contributed by atoms with Crippen molar-refractivity contribution in [1.82, 2.24) is 19.5 Å². The topological polar surface area (TPSA) is 73.1 Å². The van der Waals surface area contributed by atoms with E-state index in [2.05, 4.69) is 15.0 Å². The Kier molecular flexibility index (Phi) is 2.49. The van der Waals surface area contributed by atoms with Crippen LogP contribution in [0.4, 0.5) is 4.39 Å². The van der Waals surface area contributed by atoms with Gasteiger partial charge in [-0.05, 0) is 6.42 Å². The van der Waals surface area contributed by atoms with E-state index >= 15 is 0 Å². The van der Waals surface area contributed by atoms with E-state index in [0.717, 1.165) is 0 Å². The number of aliphatic hydroxyl groups excluding tert-OH is 1. The zero-order valence-corrected chi connectivity index (χ0v) is 8.95. The predicted molar refractivity (Wildman–Crippen MR) is 55.8 cm³/mol. The maximum Gasteiger partial charge on any atom is 0.244 e. The van der Waals surface area contributed by atoms with Gasteiger partial charge in [0.05, 0.1) is 31.7 Å². The van der Waals surface area contributed by atoms with E-state index in [9.17, 15) is 4.39 Å². The van der Waals surface area contributed by atoms with Crippen molar-refractivity contribution in [3.05, 3.63) is 18.6 Å². The van der Waals surface area contributed by atoms with Crippen LogP contribution in [0, 0.1) is 5.95 Å². The summed E-state index contributed by atoms with van der Waals surface area (Å²) in [5.41, 5.74) is 0.629. The zero-order chi connectivity index (χ0) is 11.8. The fraction of sp³-hybridized carbons (Fsp3) is 0.500. The van der Waals surface area contributed by atoms with Crippen LogP contribution in [0.15, 0.2) is 12.7 Å². The number of hydrogen-bond acceptors (Lipinski definition) is 5. The lowest BCUT2D eigenvalue weighted by molar-refractivity contribution is 0.0576. The second-order valence-electron chi connectivity index (χ2n) is 4.02. The lowest BCUT2D eigenvalue weighted by Gasteiger charge is -2.09. The molecule has 90 valence electrons. The van der Waals surface area contributed by atoms with Crippen LogP contribution in [0.2, 0.25) is 0 Å². The second kappa shape index (κ2) is 4.01. The fourth-order valence-electron chi connectivity index (χ4n) is 2.10. The molecular weight excluding hydrogens is 227 g/mol. The van der Waals surface area contributed by atoms with Gasteiger partial charge in [-0.15, -0.1) is 0 Å². The molecule has 2 atom stereocenters. The van der Waals surface area contributed by atoms with E-state index in [0.29, 0.717) is 18.7 Å². The van der Waals surface area contributed by atoms with Crippen LogP contribution in [0.1, 0.15) is 12.5 Å². The predicted octanol–water partition coefficient (Wildman–Crippen LogP) is 0.288. The van der Waals surface area contributed by atoms with Crippen LogP contribution in [0.5, 0.6) is 0 Å². The van der Waals surface area contributed by atoms with Crippen molar-refractivity contribution in [3.63, 3.8) is 0 Å². The van der Waals surface area contributed by atoms with Crippen LogP contribution < -0.4 is 0 Å². The molecule has 0 aliphatic carbocycles. The number of fused-ring (bicyclic) bond motifs is 1. The van der Waals surface area contributed by atoms with Crippen molar-refractivity contribution >= 4 is 11.2 Å². The number of imidazole rings is 1. The summed E-state index contributed by atoms with van der Waals surface area (Å²) in [4.78, 5) is 11.4. The van der Waals surface area contributed by atoms with Crippen LogP contribution in [-0.4, -0.2) is 43.9 Å². The lowest BCUT2D eigenvalue weighted by atomic mass is 10.2. The molecule has 6 nitrogen and oxygen atoms in total. The third-order valence-electron chi connectivity index (χ3n) is 2.97. The normalized spacial score (nSPS) is 24.6. The molecule has 0 saturated carbocycles. The van der Waals surface area contributed by atoms with Crippen molar-refractivity contribution in [2.24, 2.45) is 0 Å². The third kappa shape index (κ3) is 1.67. The summed E-state index contributed by atoms with van der Waals surface area (Å²) in [7, 11) is 0. The Morgan fingerprint density at radius 3 is 3.12 bits per heavy atom. The van der Waals surface area contributed by atoms with E-state index in [1.54, 1.807) is 4.57 Å². The SMILES string of the molecule is OC[C@H]1C[C@@H](n2cnc3c(F)ncnc32)CO1. The Hall–Kier alpha value is -1.60. The minimum absolute atomic E-state index is 0.00747. The Labute approximate surface area is 96.1 Å². The molecule has 1 saturated heterocycles. The molecule has 2 aromatic heterocycles. The summed E-state index contributed by atoms with van der Waals surface area (Å²) in [6, 6.07) is 0.0337. The van der Waals surface area contributed by atoms with Crippen molar-refractivity contribution in [2.75, 3.05) is 13.2 Å². The molecule has 7 heteroatoms. The molecule has 1 aliphatic rings. The van der Waals surface area contributed by atoms with Crippen LogP contribution >= 0.6 is 0 Å². The number of halogens is 1. The van der Waals surface area contributed by atoms with Gasteiger partial charge in [-0.3, -0.25) is 0 Å². The first-order valence-electron chi connectivity index (χ1n) is 5.35. The van der Waals surface area contributed by atoms with Gasteiger partial charge in [0.25, 0.3) is 0 Å². The fourth-order valence-corrected chi connectivity index (χ4v) is 2.10. The molecule has 0 spiro atoms. The van der Waals surface area contributed by atoms with Gasteiger partial charge in [0.1, 0.15) is 6.33 Å². The average Bonchev–Trinajstić information content (AvgIpc) is 2.94. The molecule has 2 aromatic rings. The number of ether oxygens (including phenoxy) is 1. The van der Waals surface area contributed by atoms with Gasteiger partial charge in [0.2, 0.25) is 5.95 Å². The van der Waals surface area contributed by atoms with E-state index in [4.69, 9.17) is 9.84 Å². The van der Waals surface area contributed by atoms with Gasteiger partial charge in [-0.2, -0.15) is 4.39 Å². The number of rotatable bonds is 2. The smallest absolute Gasteiger partial charge is 0.244 e. The van der Waals surface area contributed by atoms with Crippen molar-refractivity contribution in [1.29, 1.82) is 0 Å². The maximum atomic E-state index is 13.3. The van der Waals surface area contributed by atoms with E-state index in [-0.39, 0.29) is 24.3 Å². The van der Waals surface area contributed by atoms with Gasteiger partial charge < -0.3 is 14.4 Å². The first-order chi connectivity index (χ1) is 8.29. The highest BCUT2D eigenvalue weighted by Gasteiger charge is 2.27. The number of hydrogen-bond donors (Lipinski definition) is 1. The third-order valence-corrected chi connectivity index (χ3v) is 2.97. The summed E-state index contributed by atoms with van der Waals surface area (Å²) in [6.07, 6.45) is 3.23. The first-order valence-corrected chi connectivity index (χ1v) is 5.35. The molecule has 0 radical (unpaired) electrons. The van der Waals surface area contributed by atoms with E-state index in [1.165, 1.54) is 12.7 Å². The Morgan fingerprint density at radius 1 is 1.47 bits per heavy atom. The standard InChI is InChI=1S/C10H11FN4O2/c11-9-8-10(13-4-12-9)15(5-14-8)6-1-7(2-16)17-3-6/h4-7,16H,1-3H2/t6-,7-/m1/s1. The number of aliphatic hydroxyl groups is 1. The van der Waals surface area contributed by atoms with Crippen LogP contribution in [0.25, 0.3) is 11.2 Å². The highest BCUT2D eigenvalue weighted by Crippen LogP contribution is 2.26. The minimum Gasteiger partial charge on any atom is -0.394 e. The van der Waals surface area contributed by atoms with Crippen molar-refractivity contribution in [3.8, 4) is 0 Å². The molecule has 1 fully saturated rings. The van der Waals surface area contributed by atoms with Crippen molar-refractivity contribution in [2.45, 2.75) is 18.6 Å². The minimum atomic E-state index is -0.619. The average molecular weight is 238 g/mol. The van der Waals surface area contributed by atoms with E-state index < -0.39 is 5.95 Å². The van der Waals surface area contributed by atoms with Crippen LogP contribution in [-0.2, 0) is 4.74 Å². The van der Waals surface area contributed by atoms with Crippen molar-refractivity contribution < 1.29 is 14.2 Å². The molecular formula is C10H11FN4O2. The summed E-state index contributed by atoms with van der Waals surface area (Å²) < 4.78 is 20.5. The molecule has 1 aliphatic heterocycles. The summed E-state index contributed by atoms with van der Waals surface area (Å²) in [5.74, 6) is -0.619. The first kappa shape index (κ1) is 10.5. The van der Waals surface area contributed by atoms with Gasteiger partial charge in [0.15, 0.2) is 11.2 Å². The highest BCUT2D eigenvalue weighted by molar-refractivity contribution is 5.69. The molecule has 1 N–H and O–H groups in total. The number of aromatic nitrogens is 4. The molecule has 0 unspecified atom stereocenters. The largest absolute Gasteiger partial charge is 0.394 e. The monoisotopic (exact) mass is 238 g/mol. The Morgan fingerprint density at radius 2 is 2.35 bits per heavy atom. The summed E-state index contributed by atoms with van der Waals surface area (Å²) in [6.45, 7) is 0.467. The Bertz CT molecular complexity index is 544. The Balaban J connectivity index is 1.99. The zero-order valence-electron chi connectivity index (χ0n) is 8.95. The van der Waals surface area contributed by atoms with Gasteiger partial charge in [-0.25, -0.2) is 15.0 Å². The quantitative estimate of drug-likeness (QED) is 0.761. The molecule has 3 rings (SSSR count). The maximum absolute atomic E-state index is 13.3. The molecule has 0 bridgehead atoms. The number of nitrogens with zero attached hydrogens (tertiary/aromatic N) is 4. The van der Waals surface area contributed by atoms with Gasteiger partial charge in [-0.1, -0.05) is 0 Å². The van der Waals surface area contributed by atoms with Gasteiger partial charge >= 0.3 is 0 Å².